The van der Waals surface area contributed by atoms with Crippen LogP contribution in [0.15, 0.2) is 0 Å². The summed E-state index contributed by atoms with van der Waals surface area (Å²) in [7, 11) is 0. The Bertz CT molecular complexity index is 322. The van der Waals surface area contributed by atoms with Gasteiger partial charge in [-0.3, -0.25) is 9.59 Å². The molecule has 0 unspecified atom stereocenters. The van der Waals surface area contributed by atoms with E-state index in [1.54, 1.807) is 0 Å². The molecule has 25 heavy (non-hydrogen) atoms. The quantitative estimate of drug-likeness (QED) is 0.300. The van der Waals surface area contributed by atoms with Crippen molar-refractivity contribution in [2.75, 3.05) is 0 Å². The van der Waals surface area contributed by atoms with Crippen molar-refractivity contribution < 1.29 is 39.3 Å². The van der Waals surface area contributed by atoms with Gasteiger partial charge in [0.25, 0.3) is 0 Å². The molecule has 0 aromatic carbocycles. The van der Waals surface area contributed by atoms with Crippen LogP contribution in [0.3, 0.4) is 0 Å². The summed E-state index contributed by atoms with van der Waals surface area (Å²) in [5.41, 5.74) is 0.392. The first-order valence-electron chi connectivity index (χ1n) is 9.48. The van der Waals surface area contributed by atoms with Gasteiger partial charge in [-0.25, -0.2) is 0 Å². The second kappa shape index (κ2) is 18.4. The number of hydrogen-bond donors (Lipinski definition) is 2. The third-order valence-corrected chi connectivity index (χ3v) is 3.74. The molecule has 2 N–H and O–H groups in total. The third kappa shape index (κ3) is 35.5. The van der Waals surface area contributed by atoms with Crippen LogP contribution in [0.1, 0.15) is 105 Å². The van der Waals surface area contributed by atoms with Gasteiger partial charge < -0.3 is 10.2 Å². The van der Waals surface area contributed by atoms with Crippen LogP contribution in [0.25, 0.3) is 0 Å². The average Bonchev–Trinajstić information content (AvgIpc) is 2.41. The SMILES string of the molecule is CC(C)(C)CCCCCC(=O)O.CC(C)CCCCCCC(=O)O.[Zn]. The molecule has 0 radical (unpaired) electrons. The molecule has 0 amide bonds. The maximum atomic E-state index is 10.2. The first kappa shape index (κ1) is 29.3. The number of unbranched alkanes of at least 4 members (excludes halogenated alkanes) is 5. The van der Waals surface area contributed by atoms with E-state index in [0.717, 1.165) is 38.0 Å². The van der Waals surface area contributed by atoms with E-state index in [-0.39, 0.29) is 19.5 Å². The van der Waals surface area contributed by atoms with Gasteiger partial charge in [0.05, 0.1) is 0 Å². The van der Waals surface area contributed by atoms with Crippen molar-refractivity contribution in [2.45, 2.75) is 105 Å². The average molecular weight is 410 g/mol. The van der Waals surface area contributed by atoms with E-state index in [1.807, 2.05) is 0 Å². The first-order chi connectivity index (χ1) is 11.0. The van der Waals surface area contributed by atoms with Gasteiger partial charge in [0.1, 0.15) is 0 Å². The second-order valence-corrected chi connectivity index (χ2v) is 8.26. The molecule has 5 heteroatoms. The zero-order valence-electron chi connectivity index (χ0n) is 17.3. The van der Waals surface area contributed by atoms with Gasteiger partial charge in [-0.05, 0) is 30.6 Å². The second-order valence-electron chi connectivity index (χ2n) is 8.26. The molecular formula is C20H40O4Zn. The molecule has 0 aliphatic carbocycles. The summed E-state index contributed by atoms with van der Waals surface area (Å²) in [4.78, 5) is 20.3. The number of rotatable bonds is 12. The Labute approximate surface area is 167 Å². The molecule has 0 saturated carbocycles. The molecule has 0 heterocycles. The molecule has 0 saturated heterocycles. The minimum Gasteiger partial charge on any atom is -0.481 e. The van der Waals surface area contributed by atoms with E-state index in [0.29, 0.717) is 18.3 Å². The van der Waals surface area contributed by atoms with Crippen molar-refractivity contribution in [3.63, 3.8) is 0 Å². The molecule has 4 nitrogen and oxygen atoms in total. The first-order valence-corrected chi connectivity index (χ1v) is 9.48. The monoisotopic (exact) mass is 408 g/mol. The molecule has 0 aromatic rings. The van der Waals surface area contributed by atoms with Gasteiger partial charge in [-0.2, -0.15) is 0 Å². The maximum Gasteiger partial charge on any atom is 0.303 e. The van der Waals surface area contributed by atoms with Crippen molar-refractivity contribution in [3.05, 3.63) is 0 Å². The van der Waals surface area contributed by atoms with Crippen LogP contribution in [-0.2, 0) is 29.1 Å². The van der Waals surface area contributed by atoms with Gasteiger partial charge in [0, 0.05) is 32.3 Å². The molecule has 0 spiro atoms. The Hall–Kier alpha value is -0.437. The van der Waals surface area contributed by atoms with E-state index < -0.39 is 11.9 Å². The summed E-state index contributed by atoms with van der Waals surface area (Å²) >= 11 is 0. The van der Waals surface area contributed by atoms with Crippen LogP contribution in [0.2, 0.25) is 0 Å². The molecule has 0 atom stereocenters. The summed E-state index contributed by atoms with van der Waals surface area (Å²) < 4.78 is 0. The normalized spacial score (nSPS) is 10.6. The molecule has 0 aliphatic heterocycles. The van der Waals surface area contributed by atoms with Crippen molar-refractivity contribution >= 4 is 11.9 Å². The van der Waals surface area contributed by atoms with Crippen LogP contribution >= 0.6 is 0 Å². The van der Waals surface area contributed by atoms with Gasteiger partial charge in [-0.1, -0.05) is 73.1 Å². The molecule has 0 aliphatic rings. The van der Waals surface area contributed by atoms with Crippen molar-refractivity contribution in [1.29, 1.82) is 0 Å². The largest absolute Gasteiger partial charge is 0.481 e. The standard InChI is InChI=1S/2C10H20O2.Zn/c1-10(2,3)8-6-4-5-7-9(11)12;1-9(2)7-5-3-4-6-8-10(11)12;/h4-8H2,1-3H3,(H,11,12);9H,3-8H2,1-2H3,(H,11,12);. The van der Waals surface area contributed by atoms with Gasteiger partial charge >= 0.3 is 11.9 Å². The summed E-state index contributed by atoms with van der Waals surface area (Å²) in [6.07, 6.45) is 10.5. The van der Waals surface area contributed by atoms with Crippen LogP contribution in [0.5, 0.6) is 0 Å². The fourth-order valence-corrected chi connectivity index (χ4v) is 2.29. The third-order valence-electron chi connectivity index (χ3n) is 3.74. The predicted octanol–water partition coefficient (Wildman–Crippen LogP) is 6.13. The van der Waals surface area contributed by atoms with E-state index in [1.165, 1.54) is 25.7 Å². The maximum absolute atomic E-state index is 10.2. The molecular weight excluding hydrogens is 370 g/mol. The van der Waals surface area contributed by atoms with Crippen molar-refractivity contribution in [2.24, 2.45) is 11.3 Å². The van der Waals surface area contributed by atoms with Gasteiger partial charge in [-0.15, -0.1) is 0 Å². The van der Waals surface area contributed by atoms with E-state index in [4.69, 9.17) is 10.2 Å². The minimum atomic E-state index is -0.675. The predicted molar refractivity (Wildman–Crippen MR) is 100 cm³/mol. The fourth-order valence-electron chi connectivity index (χ4n) is 2.29. The zero-order valence-corrected chi connectivity index (χ0v) is 20.2. The molecule has 146 valence electrons. The number of carboxylic acid groups (broad SMARTS) is 2. The molecule has 0 bridgehead atoms. The minimum absolute atomic E-state index is 0. The smallest absolute Gasteiger partial charge is 0.303 e. The summed E-state index contributed by atoms with van der Waals surface area (Å²) in [5.74, 6) is -0.561. The topological polar surface area (TPSA) is 74.6 Å². The van der Waals surface area contributed by atoms with Crippen LogP contribution in [0.4, 0.5) is 0 Å². The van der Waals surface area contributed by atoms with Crippen LogP contribution < -0.4 is 0 Å². The Kier molecular flexibility index (Phi) is 21.5. The van der Waals surface area contributed by atoms with E-state index in [9.17, 15) is 9.59 Å². The number of aliphatic carboxylic acids is 2. The number of carbonyl (C=O) groups is 2. The fraction of sp³-hybridized carbons (Fsp3) is 0.900. The van der Waals surface area contributed by atoms with E-state index in [2.05, 4.69) is 34.6 Å². The zero-order chi connectivity index (χ0) is 19.0. The van der Waals surface area contributed by atoms with Gasteiger partial charge in [0.2, 0.25) is 0 Å². The Morgan fingerprint density at radius 3 is 1.52 bits per heavy atom. The summed E-state index contributed by atoms with van der Waals surface area (Å²) in [5, 5.41) is 16.7. The van der Waals surface area contributed by atoms with Crippen LogP contribution in [-0.4, -0.2) is 22.2 Å². The molecule has 0 aromatic heterocycles. The Morgan fingerprint density at radius 1 is 0.760 bits per heavy atom. The summed E-state index contributed by atoms with van der Waals surface area (Å²) in [6.45, 7) is 11.1. The van der Waals surface area contributed by atoms with Crippen LogP contribution in [0, 0.1) is 11.3 Å². The number of hydrogen-bond acceptors (Lipinski definition) is 2. The molecule has 0 fully saturated rings. The Morgan fingerprint density at radius 2 is 1.16 bits per heavy atom. The molecule has 0 rings (SSSR count). The van der Waals surface area contributed by atoms with E-state index >= 15 is 0 Å². The Balaban J connectivity index is -0.000000372. The van der Waals surface area contributed by atoms with Crippen molar-refractivity contribution in [3.8, 4) is 0 Å². The summed E-state index contributed by atoms with van der Waals surface area (Å²) in [6, 6.07) is 0. The number of carboxylic acids is 2. The van der Waals surface area contributed by atoms with Gasteiger partial charge in [0.15, 0.2) is 0 Å². The van der Waals surface area contributed by atoms with Crippen molar-refractivity contribution in [1.82, 2.24) is 0 Å².